The van der Waals surface area contributed by atoms with Gasteiger partial charge in [0, 0.05) is 12.3 Å². The van der Waals surface area contributed by atoms with Gasteiger partial charge in [-0.2, -0.15) is 0 Å². The summed E-state index contributed by atoms with van der Waals surface area (Å²) in [5.41, 5.74) is 1.09. The second-order valence-electron chi connectivity index (χ2n) is 3.76. The minimum absolute atomic E-state index is 0.265. The number of allylic oxidation sites excluding steroid dienone is 4. The zero-order valence-electron chi connectivity index (χ0n) is 6.92. The number of rotatable bonds is 0. The third kappa shape index (κ3) is 0.802. The first-order valence-electron chi connectivity index (χ1n) is 4.04. The van der Waals surface area contributed by atoms with E-state index in [1.54, 1.807) is 0 Å². The smallest absolute Gasteiger partial charge is 0.147 e. The zero-order chi connectivity index (χ0) is 8.06. The van der Waals surface area contributed by atoms with Crippen LogP contribution in [0.15, 0.2) is 23.8 Å². The molecule has 0 aromatic heterocycles. The molecule has 0 amide bonds. The number of ketones is 1. The summed E-state index contributed by atoms with van der Waals surface area (Å²) in [6.07, 6.45) is 7.02. The summed E-state index contributed by atoms with van der Waals surface area (Å²) >= 11 is 0. The van der Waals surface area contributed by atoms with Crippen LogP contribution in [0.1, 0.15) is 20.3 Å². The summed E-state index contributed by atoms with van der Waals surface area (Å²) in [4.78, 5) is 11.4. The van der Waals surface area contributed by atoms with Crippen molar-refractivity contribution in [2.45, 2.75) is 20.3 Å². The standard InChI is InChI=1S/C10H12O/c1-7-6-10(2)4-3-8(7)5-9(10)11/h3-4,6,8H,5H2,1-2H3/t8-,10-/m1/s1. The summed E-state index contributed by atoms with van der Waals surface area (Å²) < 4.78 is 0. The molecule has 3 aliphatic carbocycles. The summed E-state index contributed by atoms with van der Waals surface area (Å²) in [5, 5.41) is 0. The second kappa shape index (κ2) is 1.84. The van der Waals surface area contributed by atoms with E-state index in [4.69, 9.17) is 0 Å². The number of carbonyl (C=O) groups excluding carboxylic acids is 1. The van der Waals surface area contributed by atoms with E-state index in [0.717, 1.165) is 6.42 Å². The SMILES string of the molecule is CC1=C[C@@]2(C)C=C[C@@H]1CC2=O. The summed E-state index contributed by atoms with van der Waals surface area (Å²) in [6.45, 7) is 4.10. The lowest BCUT2D eigenvalue weighted by molar-refractivity contribution is -0.125. The van der Waals surface area contributed by atoms with Gasteiger partial charge in [0.2, 0.25) is 0 Å². The molecule has 0 aromatic rings. The van der Waals surface area contributed by atoms with Crippen molar-refractivity contribution < 1.29 is 4.79 Å². The van der Waals surface area contributed by atoms with Gasteiger partial charge in [-0.25, -0.2) is 0 Å². The van der Waals surface area contributed by atoms with Crippen molar-refractivity contribution in [2.24, 2.45) is 11.3 Å². The van der Waals surface area contributed by atoms with Crippen molar-refractivity contribution in [2.75, 3.05) is 0 Å². The Morgan fingerprint density at radius 2 is 2.36 bits per heavy atom. The van der Waals surface area contributed by atoms with Crippen LogP contribution in [-0.4, -0.2) is 5.78 Å². The molecule has 0 aliphatic heterocycles. The molecule has 0 radical (unpaired) electrons. The first kappa shape index (κ1) is 6.84. The van der Waals surface area contributed by atoms with Crippen LogP contribution in [0, 0.1) is 11.3 Å². The molecule has 2 atom stereocenters. The molecule has 0 unspecified atom stereocenters. The first-order chi connectivity index (χ1) is 5.12. The normalized spacial score (nSPS) is 41.1. The lowest BCUT2D eigenvalue weighted by atomic mass is 9.68. The van der Waals surface area contributed by atoms with Crippen molar-refractivity contribution in [3.63, 3.8) is 0 Å². The third-order valence-corrected chi connectivity index (χ3v) is 2.79. The molecule has 2 bridgehead atoms. The largest absolute Gasteiger partial charge is 0.298 e. The maximum Gasteiger partial charge on any atom is 0.147 e. The molecule has 3 rings (SSSR count). The number of hydrogen-bond acceptors (Lipinski definition) is 1. The molecular weight excluding hydrogens is 136 g/mol. The van der Waals surface area contributed by atoms with Gasteiger partial charge in [-0.1, -0.05) is 23.8 Å². The Hall–Kier alpha value is -0.850. The zero-order valence-corrected chi connectivity index (χ0v) is 6.92. The molecule has 58 valence electrons. The highest BCUT2D eigenvalue weighted by Crippen LogP contribution is 2.40. The lowest BCUT2D eigenvalue weighted by Gasteiger charge is -2.35. The van der Waals surface area contributed by atoms with Gasteiger partial charge in [0.05, 0.1) is 5.41 Å². The van der Waals surface area contributed by atoms with Gasteiger partial charge in [-0.05, 0) is 13.8 Å². The molecule has 1 nitrogen and oxygen atoms in total. The van der Waals surface area contributed by atoms with E-state index in [1.165, 1.54) is 5.57 Å². The summed E-state index contributed by atoms with van der Waals surface area (Å²) in [5.74, 6) is 0.778. The third-order valence-electron chi connectivity index (χ3n) is 2.79. The van der Waals surface area contributed by atoms with E-state index in [0.29, 0.717) is 11.7 Å². The highest BCUT2D eigenvalue weighted by Gasteiger charge is 2.38. The van der Waals surface area contributed by atoms with Crippen molar-refractivity contribution in [3.8, 4) is 0 Å². The number of fused-ring (bicyclic) bond motifs is 1. The summed E-state index contributed by atoms with van der Waals surface area (Å²) in [6, 6.07) is 0. The van der Waals surface area contributed by atoms with E-state index in [-0.39, 0.29) is 5.41 Å². The molecule has 0 spiro atoms. The lowest BCUT2D eigenvalue weighted by Crippen LogP contribution is -2.34. The molecule has 0 N–H and O–H groups in total. The van der Waals surface area contributed by atoms with Gasteiger partial charge >= 0.3 is 0 Å². The van der Waals surface area contributed by atoms with Crippen LogP contribution in [0.25, 0.3) is 0 Å². The Morgan fingerprint density at radius 3 is 2.73 bits per heavy atom. The molecule has 0 saturated carbocycles. The fourth-order valence-corrected chi connectivity index (χ4v) is 1.92. The molecular formula is C10H12O. The van der Waals surface area contributed by atoms with E-state index in [2.05, 4.69) is 19.1 Å². The van der Waals surface area contributed by atoms with Crippen molar-refractivity contribution >= 4 is 5.78 Å². The maximum absolute atomic E-state index is 11.4. The van der Waals surface area contributed by atoms with Gasteiger partial charge in [0.15, 0.2) is 0 Å². The van der Waals surface area contributed by atoms with Gasteiger partial charge in [-0.3, -0.25) is 4.79 Å². The van der Waals surface area contributed by atoms with Crippen LogP contribution in [0.5, 0.6) is 0 Å². The Balaban J connectivity index is 2.52. The minimum Gasteiger partial charge on any atom is -0.298 e. The van der Waals surface area contributed by atoms with Gasteiger partial charge in [-0.15, -0.1) is 0 Å². The monoisotopic (exact) mass is 148 g/mol. The van der Waals surface area contributed by atoms with Crippen LogP contribution in [-0.2, 0) is 4.79 Å². The molecule has 11 heavy (non-hydrogen) atoms. The van der Waals surface area contributed by atoms with Crippen LogP contribution >= 0.6 is 0 Å². The highest BCUT2D eigenvalue weighted by molar-refractivity contribution is 5.91. The Kier molecular flexibility index (Phi) is 1.15. The van der Waals surface area contributed by atoms with E-state index in [1.807, 2.05) is 13.0 Å². The van der Waals surface area contributed by atoms with Gasteiger partial charge in [0.25, 0.3) is 0 Å². The molecule has 1 heteroatoms. The van der Waals surface area contributed by atoms with Crippen LogP contribution in [0.2, 0.25) is 0 Å². The van der Waals surface area contributed by atoms with Crippen LogP contribution < -0.4 is 0 Å². The second-order valence-corrected chi connectivity index (χ2v) is 3.76. The Bertz CT molecular complexity index is 273. The molecule has 0 heterocycles. The van der Waals surface area contributed by atoms with Crippen LogP contribution in [0.4, 0.5) is 0 Å². The number of hydrogen-bond donors (Lipinski definition) is 0. The maximum atomic E-state index is 11.4. The van der Waals surface area contributed by atoms with Crippen molar-refractivity contribution in [3.05, 3.63) is 23.8 Å². The topological polar surface area (TPSA) is 17.1 Å². The minimum atomic E-state index is -0.265. The van der Waals surface area contributed by atoms with Gasteiger partial charge in [0.1, 0.15) is 5.78 Å². The number of carbonyl (C=O) groups is 1. The van der Waals surface area contributed by atoms with Gasteiger partial charge < -0.3 is 0 Å². The first-order valence-corrected chi connectivity index (χ1v) is 4.04. The fraction of sp³-hybridized carbons (Fsp3) is 0.500. The van der Waals surface area contributed by atoms with Crippen LogP contribution in [0.3, 0.4) is 0 Å². The van der Waals surface area contributed by atoms with E-state index < -0.39 is 0 Å². The summed E-state index contributed by atoms with van der Waals surface area (Å²) in [7, 11) is 0. The molecule has 3 aliphatic rings. The highest BCUT2D eigenvalue weighted by atomic mass is 16.1. The van der Waals surface area contributed by atoms with Crippen molar-refractivity contribution in [1.29, 1.82) is 0 Å². The quantitative estimate of drug-likeness (QED) is 0.481. The van der Waals surface area contributed by atoms with Crippen molar-refractivity contribution in [1.82, 2.24) is 0 Å². The van der Waals surface area contributed by atoms with E-state index >= 15 is 0 Å². The average Bonchev–Trinajstić information content (AvgIpc) is 1.92. The Morgan fingerprint density at radius 1 is 1.64 bits per heavy atom. The molecule has 0 fully saturated rings. The fourth-order valence-electron chi connectivity index (χ4n) is 1.92. The Labute approximate surface area is 66.8 Å². The molecule has 0 aromatic carbocycles. The average molecular weight is 148 g/mol. The number of Topliss-reactive ketones (excluding diaryl/α,β-unsaturated/α-hetero) is 1. The molecule has 0 saturated heterocycles. The predicted molar refractivity (Wildman–Crippen MR) is 44.1 cm³/mol. The predicted octanol–water partition coefficient (Wildman–Crippen LogP) is 2.10. The van der Waals surface area contributed by atoms with E-state index in [9.17, 15) is 4.79 Å².